The summed E-state index contributed by atoms with van der Waals surface area (Å²) < 4.78 is 32.2. The predicted octanol–water partition coefficient (Wildman–Crippen LogP) is 2.51. The molecule has 1 aliphatic heterocycles. The molecule has 6 heteroatoms. The first-order chi connectivity index (χ1) is 8.57. The van der Waals surface area contributed by atoms with Gasteiger partial charge in [0.2, 0.25) is 0 Å². The Kier molecular flexibility index (Phi) is 4.76. The average molecular weight is 279 g/mol. The molecule has 112 valence electrons. The number of likely N-dealkylation sites (tertiary alicyclic amines) is 1. The fourth-order valence-electron chi connectivity index (χ4n) is 2.38. The normalized spacial score (nSPS) is 25.3. The number of hydrogen-bond acceptors (Lipinski definition) is 3. The molecule has 4 nitrogen and oxygen atoms in total. The first-order valence-electron chi connectivity index (χ1n) is 6.53. The van der Waals surface area contributed by atoms with E-state index in [1.165, 1.54) is 4.90 Å². The van der Waals surface area contributed by atoms with Gasteiger partial charge in [-0.3, -0.25) is 0 Å². The number of amides is 1. The van der Waals surface area contributed by atoms with E-state index in [1.807, 2.05) is 0 Å². The van der Waals surface area contributed by atoms with Crippen molar-refractivity contribution >= 4 is 6.09 Å². The maximum Gasteiger partial charge on any atom is 0.410 e. The second kappa shape index (κ2) is 5.61. The molecule has 0 aromatic carbocycles. The summed E-state index contributed by atoms with van der Waals surface area (Å²) in [6, 6.07) is 0. The van der Waals surface area contributed by atoms with Gasteiger partial charge in [0.15, 0.2) is 0 Å². The number of carbonyl (C=O) groups is 1. The molecule has 0 aromatic heterocycles. The smallest absolute Gasteiger partial charge is 0.410 e. The lowest BCUT2D eigenvalue weighted by Crippen LogP contribution is -2.50. The monoisotopic (exact) mass is 279 g/mol. The van der Waals surface area contributed by atoms with E-state index >= 15 is 0 Å². The van der Waals surface area contributed by atoms with E-state index in [2.05, 4.69) is 0 Å². The van der Waals surface area contributed by atoms with Crippen molar-refractivity contribution in [1.82, 2.24) is 4.90 Å². The zero-order valence-corrected chi connectivity index (χ0v) is 11.9. The van der Waals surface area contributed by atoms with Gasteiger partial charge in [0, 0.05) is 19.0 Å². The van der Waals surface area contributed by atoms with E-state index in [-0.39, 0.29) is 25.4 Å². The zero-order chi connectivity index (χ0) is 14.8. The van der Waals surface area contributed by atoms with E-state index in [1.54, 1.807) is 27.7 Å². The Balaban J connectivity index is 2.61. The molecule has 2 atom stereocenters. The summed E-state index contributed by atoms with van der Waals surface area (Å²) in [5.41, 5.74) is -0.591. The van der Waals surface area contributed by atoms with Gasteiger partial charge in [0.25, 0.3) is 5.92 Å². The van der Waals surface area contributed by atoms with Gasteiger partial charge in [-0.05, 0) is 33.1 Å². The second-order valence-corrected chi connectivity index (χ2v) is 6.22. The van der Waals surface area contributed by atoms with Crippen molar-refractivity contribution in [3.8, 4) is 0 Å². The molecule has 0 aromatic rings. The Hall–Kier alpha value is -0.910. The van der Waals surface area contributed by atoms with Crippen molar-refractivity contribution in [3.63, 3.8) is 0 Å². The number of halogens is 2. The first kappa shape index (κ1) is 16.1. The van der Waals surface area contributed by atoms with Crippen LogP contribution in [0, 0.1) is 11.8 Å². The summed E-state index contributed by atoms with van der Waals surface area (Å²) in [6.45, 7) is 6.29. The summed E-state index contributed by atoms with van der Waals surface area (Å²) in [5.74, 6) is -4.35. The van der Waals surface area contributed by atoms with Crippen LogP contribution in [0.1, 0.15) is 34.1 Å². The summed E-state index contributed by atoms with van der Waals surface area (Å²) in [4.78, 5) is 13.3. The predicted molar refractivity (Wildman–Crippen MR) is 67.1 cm³/mol. The van der Waals surface area contributed by atoms with E-state index in [0.717, 1.165) is 0 Å². The Morgan fingerprint density at radius 3 is 2.42 bits per heavy atom. The maximum atomic E-state index is 13.5. The van der Waals surface area contributed by atoms with Crippen molar-refractivity contribution in [2.24, 2.45) is 11.8 Å². The lowest BCUT2D eigenvalue weighted by atomic mass is 9.82. The molecular weight excluding hydrogens is 256 g/mol. The van der Waals surface area contributed by atoms with Crippen LogP contribution in [0.4, 0.5) is 13.6 Å². The van der Waals surface area contributed by atoms with Gasteiger partial charge in [0.05, 0.1) is 0 Å². The quantitative estimate of drug-likeness (QED) is 0.845. The molecule has 0 bridgehead atoms. The molecule has 0 radical (unpaired) electrons. The lowest BCUT2D eigenvalue weighted by Gasteiger charge is -2.40. The van der Waals surface area contributed by atoms with Crippen LogP contribution in [-0.2, 0) is 4.74 Å². The fraction of sp³-hybridized carbons (Fsp3) is 0.923. The Morgan fingerprint density at radius 2 is 2.00 bits per heavy atom. The lowest BCUT2D eigenvalue weighted by molar-refractivity contribution is -0.128. The third-order valence-electron chi connectivity index (χ3n) is 3.31. The molecule has 0 spiro atoms. The van der Waals surface area contributed by atoms with Gasteiger partial charge in [-0.25, -0.2) is 13.6 Å². The van der Waals surface area contributed by atoms with Crippen LogP contribution in [0.15, 0.2) is 0 Å². The number of nitrogens with zero attached hydrogens (tertiary/aromatic N) is 1. The molecule has 19 heavy (non-hydrogen) atoms. The van der Waals surface area contributed by atoms with Crippen LogP contribution < -0.4 is 0 Å². The van der Waals surface area contributed by atoms with Crippen LogP contribution in [0.3, 0.4) is 0 Å². The first-order valence-corrected chi connectivity index (χ1v) is 6.53. The Morgan fingerprint density at radius 1 is 1.42 bits per heavy atom. The Bertz CT molecular complexity index is 328. The van der Waals surface area contributed by atoms with Gasteiger partial charge in [0.1, 0.15) is 12.2 Å². The molecule has 1 rings (SSSR count). The minimum atomic E-state index is -3.08. The van der Waals surface area contributed by atoms with Crippen LogP contribution in [0.5, 0.6) is 0 Å². The van der Waals surface area contributed by atoms with Gasteiger partial charge < -0.3 is 14.7 Å². The number of aliphatic hydroxyl groups excluding tert-OH is 1. The van der Waals surface area contributed by atoms with E-state index in [4.69, 9.17) is 9.84 Å². The highest BCUT2D eigenvalue weighted by Gasteiger charge is 2.45. The molecule has 2 unspecified atom stereocenters. The van der Waals surface area contributed by atoms with Crippen LogP contribution >= 0.6 is 0 Å². The number of hydrogen-bond donors (Lipinski definition) is 1. The highest BCUT2D eigenvalue weighted by atomic mass is 19.3. The van der Waals surface area contributed by atoms with Crippen molar-refractivity contribution in [3.05, 3.63) is 0 Å². The molecule has 1 heterocycles. The van der Waals surface area contributed by atoms with Crippen LogP contribution in [-0.4, -0.2) is 47.3 Å². The number of rotatable bonds is 2. The molecule has 1 aliphatic rings. The van der Waals surface area contributed by atoms with Crippen molar-refractivity contribution in [2.45, 2.75) is 45.6 Å². The second-order valence-electron chi connectivity index (χ2n) is 6.22. The van der Waals surface area contributed by atoms with Crippen molar-refractivity contribution in [1.29, 1.82) is 0 Å². The molecule has 1 fully saturated rings. The SMILES string of the molecule is CC1CN(C(=O)OC(C)(C)C)CCC1C(F)(F)CO. The Labute approximate surface area is 112 Å². The highest BCUT2D eigenvalue weighted by Crippen LogP contribution is 2.36. The molecule has 0 saturated carbocycles. The summed E-state index contributed by atoms with van der Waals surface area (Å²) in [7, 11) is 0. The van der Waals surface area contributed by atoms with Gasteiger partial charge >= 0.3 is 6.09 Å². The molecule has 1 amide bonds. The summed E-state index contributed by atoms with van der Waals surface area (Å²) in [5, 5.41) is 8.74. The summed E-state index contributed by atoms with van der Waals surface area (Å²) in [6.07, 6.45) is -0.293. The number of alkyl halides is 2. The van der Waals surface area contributed by atoms with Gasteiger partial charge in [-0.15, -0.1) is 0 Å². The number of aliphatic hydroxyl groups is 1. The number of piperidine rings is 1. The van der Waals surface area contributed by atoms with E-state index in [9.17, 15) is 13.6 Å². The minimum Gasteiger partial charge on any atom is -0.444 e. The van der Waals surface area contributed by atoms with Crippen molar-refractivity contribution in [2.75, 3.05) is 19.7 Å². The third-order valence-corrected chi connectivity index (χ3v) is 3.31. The number of carbonyl (C=O) groups excluding carboxylic acids is 1. The third kappa shape index (κ3) is 4.30. The minimum absolute atomic E-state index is 0.175. The maximum absolute atomic E-state index is 13.5. The molecule has 0 aliphatic carbocycles. The fourth-order valence-corrected chi connectivity index (χ4v) is 2.38. The molecule has 1 saturated heterocycles. The molecular formula is C13H23F2NO3. The van der Waals surface area contributed by atoms with Crippen LogP contribution in [0.25, 0.3) is 0 Å². The summed E-state index contributed by atoms with van der Waals surface area (Å²) >= 11 is 0. The van der Waals surface area contributed by atoms with Crippen molar-refractivity contribution < 1.29 is 23.4 Å². The highest BCUT2D eigenvalue weighted by molar-refractivity contribution is 5.68. The average Bonchev–Trinajstić information content (AvgIpc) is 2.26. The van der Waals surface area contributed by atoms with Crippen LogP contribution in [0.2, 0.25) is 0 Å². The van der Waals surface area contributed by atoms with Gasteiger partial charge in [-0.1, -0.05) is 6.92 Å². The van der Waals surface area contributed by atoms with E-state index < -0.39 is 30.1 Å². The zero-order valence-electron chi connectivity index (χ0n) is 11.9. The standard InChI is InChI=1S/C13H23F2NO3/c1-9-7-16(11(18)19-12(2,3)4)6-5-10(9)13(14,15)8-17/h9-10,17H,5-8H2,1-4H3. The topological polar surface area (TPSA) is 49.8 Å². The van der Waals surface area contributed by atoms with E-state index in [0.29, 0.717) is 0 Å². The number of ether oxygens (including phenoxy) is 1. The van der Waals surface area contributed by atoms with Gasteiger partial charge in [-0.2, -0.15) is 0 Å². The largest absolute Gasteiger partial charge is 0.444 e. The molecule has 1 N–H and O–H groups in total.